The van der Waals surface area contributed by atoms with Gasteiger partial charge in [0.05, 0.1) is 6.10 Å². The minimum absolute atomic E-state index is 0.158. The van der Waals surface area contributed by atoms with Gasteiger partial charge in [0.15, 0.2) is 0 Å². The van der Waals surface area contributed by atoms with E-state index in [1.54, 1.807) is 0 Å². The SMILES string of the molecule is CCC(CC)C(O)CNCC1CCSC1. The van der Waals surface area contributed by atoms with Crippen molar-refractivity contribution in [1.29, 1.82) is 0 Å². The van der Waals surface area contributed by atoms with Crippen LogP contribution in [0.4, 0.5) is 0 Å². The highest BCUT2D eigenvalue weighted by Crippen LogP contribution is 2.22. The molecule has 15 heavy (non-hydrogen) atoms. The van der Waals surface area contributed by atoms with Gasteiger partial charge in [0.1, 0.15) is 0 Å². The van der Waals surface area contributed by atoms with Crippen molar-refractivity contribution in [3.63, 3.8) is 0 Å². The number of aliphatic hydroxyl groups is 1. The summed E-state index contributed by atoms with van der Waals surface area (Å²) in [6.45, 7) is 6.17. The van der Waals surface area contributed by atoms with Crippen LogP contribution in [-0.4, -0.2) is 35.8 Å². The summed E-state index contributed by atoms with van der Waals surface area (Å²) in [4.78, 5) is 0. The lowest BCUT2D eigenvalue weighted by molar-refractivity contribution is 0.101. The molecule has 0 amide bonds. The van der Waals surface area contributed by atoms with Gasteiger partial charge < -0.3 is 10.4 Å². The van der Waals surface area contributed by atoms with Gasteiger partial charge in [-0.3, -0.25) is 0 Å². The minimum atomic E-state index is -0.158. The maximum absolute atomic E-state index is 9.92. The van der Waals surface area contributed by atoms with Crippen LogP contribution in [0.5, 0.6) is 0 Å². The number of nitrogens with one attached hydrogen (secondary N) is 1. The predicted molar refractivity (Wildman–Crippen MR) is 68.4 cm³/mol. The first-order chi connectivity index (χ1) is 7.27. The van der Waals surface area contributed by atoms with Crippen molar-refractivity contribution in [2.75, 3.05) is 24.6 Å². The van der Waals surface area contributed by atoms with E-state index in [2.05, 4.69) is 30.9 Å². The first-order valence-electron chi connectivity index (χ1n) is 6.24. The molecule has 1 aliphatic rings. The van der Waals surface area contributed by atoms with E-state index in [0.29, 0.717) is 5.92 Å². The van der Waals surface area contributed by atoms with Crippen LogP contribution in [0.3, 0.4) is 0 Å². The monoisotopic (exact) mass is 231 g/mol. The Morgan fingerprint density at radius 1 is 1.40 bits per heavy atom. The topological polar surface area (TPSA) is 32.3 Å². The van der Waals surface area contributed by atoms with Crippen molar-refractivity contribution in [1.82, 2.24) is 5.32 Å². The highest BCUT2D eigenvalue weighted by atomic mass is 32.2. The van der Waals surface area contributed by atoms with Gasteiger partial charge >= 0.3 is 0 Å². The molecule has 90 valence electrons. The van der Waals surface area contributed by atoms with Crippen molar-refractivity contribution in [2.45, 2.75) is 39.2 Å². The number of hydrogen-bond acceptors (Lipinski definition) is 3. The zero-order chi connectivity index (χ0) is 11.1. The second kappa shape index (κ2) is 7.53. The summed E-state index contributed by atoms with van der Waals surface area (Å²) in [5.74, 6) is 3.93. The number of rotatable bonds is 7. The molecular formula is C12H25NOS. The molecule has 2 nitrogen and oxygen atoms in total. The van der Waals surface area contributed by atoms with Gasteiger partial charge in [-0.1, -0.05) is 26.7 Å². The average Bonchev–Trinajstić information content (AvgIpc) is 2.72. The van der Waals surface area contributed by atoms with E-state index in [1.807, 2.05) is 0 Å². The van der Waals surface area contributed by atoms with E-state index >= 15 is 0 Å². The highest BCUT2D eigenvalue weighted by molar-refractivity contribution is 7.99. The molecule has 0 spiro atoms. The molecule has 1 aliphatic heterocycles. The second-order valence-corrected chi connectivity index (χ2v) is 5.68. The van der Waals surface area contributed by atoms with Gasteiger partial charge in [-0.05, 0) is 36.3 Å². The van der Waals surface area contributed by atoms with E-state index in [-0.39, 0.29) is 6.10 Å². The standard InChI is InChI=1S/C12H25NOS/c1-3-11(4-2)12(14)8-13-7-10-5-6-15-9-10/h10-14H,3-9H2,1-2H3. The van der Waals surface area contributed by atoms with Crippen molar-refractivity contribution >= 4 is 11.8 Å². The summed E-state index contributed by atoms with van der Waals surface area (Å²) in [6.07, 6.45) is 3.35. The molecule has 2 N–H and O–H groups in total. The Morgan fingerprint density at radius 3 is 2.67 bits per heavy atom. The quantitative estimate of drug-likeness (QED) is 0.704. The Morgan fingerprint density at radius 2 is 2.13 bits per heavy atom. The fourth-order valence-corrected chi connectivity index (χ4v) is 3.46. The first-order valence-corrected chi connectivity index (χ1v) is 7.39. The van der Waals surface area contributed by atoms with Crippen LogP contribution in [0.25, 0.3) is 0 Å². The second-order valence-electron chi connectivity index (χ2n) is 4.53. The summed E-state index contributed by atoms with van der Waals surface area (Å²) >= 11 is 2.05. The van der Waals surface area contributed by atoms with Crippen molar-refractivity contribution in [2.24, 2.45) is 11.8 Å². The Balaban J connectivity index is 2.07. The van der Waals surface area contributed by atoms with Crippen molar-refractivity contribution in [3.8, 4) is 0 Å². The zero-order valence-corrected chi connectivity index (χ0v) is 10.9. The molecule has 0 aromatic carbocycles. The fourth-order valence-electron chi connectivity index (χ4n) is 2.18. The Hall–Kier alpha value is 0.270. The third-order valence-electron chi connectivity index (χ3n) is 3.40. The molecule has 3 heteroatoms. The molecule has 0 aromatic rings. The van der Waals surface area contributed by atoms with Crippen LogP contribution in [-0.2, 0) is 0 Å². The molecule has 0 saturated carbocycles. The molecule has 1 saturated heterocycles. The fraction of sp³-hybridized carbons (Fsp3) is 1.00. The molecule has 0 aromatic heterocycles. The largest absolute Gasteiger partial charge is 0.392 e. The van der Waals surface area contributed by atoms with Gasteiger partial charge in [0.25, 0.3) is 0 Å². The van der Waals surface area contributed by atoms with Crippen LogP contribution < -0.4 is 5.32 Å². The maximum atomic E-state index is 9.92. The molecule has 0 bridgehead atoms. The molecule has 2 unspecified atom stereocenters. The van der Waals surface area contributed by atoms with Crippen LogP contribution >= 0.6 is 11.8 Å². The van der Waals surface area contributed by atoms with E-state index < -0.39 is 0 Å². The molecular weight excluding hydrogens is 206 g/mol. The van der Waals surface area contributed by atoms with Gasteiger partial charge in [0.2, 0.25) is 0 Å². The maximum Gasteiger partial charge on any atom is 0.0692 e. The lowest BCUT2D eigenvalue weighted by Crippen LogP contribution is -2.35. The van der Waals surface area contributed by atoms with Crippen LogP contribution in [0.2, 0.25) is 0 Å². The molecule has 1 fully saturated rings. The van der Waals surface area contributed by atoms with E-state index in [4.69, 9.17) is 0 Å². The Labute approximate surface area is 98.2 Å². The molecule has 1 heterocycles. The third kappa shape index (κ3) is 4.75. The normalized spacial score (nSPS) is 23.6. The average molecular weight is 231 g/mol. The van der Waals surface area contributed by atoms with E-state index in [9.17, 15) is 5.11 Å². The van der Waals surface area contributed by atoms with E-state index in [0.717, 1.165) is 31.8 Å². The Kier molecular flexibility index (Phi) is 6.69. The summed E-state index contributed by atoms with van der Waals surface area (Å²) in [7, 11) is 0. The van der Waals surface area contributed by atoms with Crippen molar-refractivity contribution in [3.05, 3.63) is 0 Å². The van der Waals surface area contributed by atoms with Crippen LogP contribution in [0, 0.1) is 11.8 Å². The first kappa shape index (κ1) is 13.3. The number of thioether (sulfide) groups is 1. The smallest absolute Gasteiger partial charge is 0.0692 e. The van der Waals surface area contributed by atoms with Crippen LogP contribution in [0.1, 0.15) is 33.1 Å². The Bertz CT molecular complexity index is 156. The van der Waals surface area contributed by atoms with Crippen molar-refractivity contribution < 1.29 is 5.11 Å². The van der Waals surface area contributed by atoms with E-state index in [1.165, 1.54) is 17.9 Å². The van der Waals surface area contributed by atoms with Gasteiger partial charge in [-0.25, -0.2) is 0 Å². The minimum Gasteiger partial charge on any atom is -0.392 e. The molecule has 2 atom stereocenters. The van der Waals surface area contributed by atoms with Crippen LogP contribution in [0.15, 0.2) is 0 Å². The predicted octanol–water partition coefficient (Wildman–Crippen LogP) is 2.13. The summed E-state index contributed by atoms with van der Waals surface area (Å²) in [5, 5.41) is 13.3. The van der Waals surface area contributed by atoms with Gasteiger partial charge in [-0.2, -0.15) is 11.8 Å². The lowest BCUT2D eigenvalue weighted by atomic mass is 9.96. The molecule has 0 aliphatic carbocycles. The summed E-state index contributed by atoms with van der Waals surface area (Å²) in [6, 6.07) is 0. The highest BCUT2D eigenvalue weighted by Gasteiger charge is 2.17. The number of hydrogen-bond donors (Lipinski definition) is 2. The summed E-state index contributed by atoms with van der Waals surface area (Å²) in [5.41, 5.74) is 0. The number of aliphatic hydroxyl groups excluding tert-OH is 1. The van der Waals surface area contributed by atoms with Gasteiger partial charge in [-0.15, -0.1) is 0 Å². The molecule has 1 rings (SSSR count). The van der Waals surface area contributed by atoms with Gasteiger partial charge in [0, 0.05) is 6.54 Å². The third-order valence-corrected chi connectivity index (χ3v) is 4.63. The lowest BCUT2D eigenvalue weighted by Gasteiger charge is -2.21. The zero-order valence-electron chi connectivity index (χ0n) is 10.0. The summed E-state index contributed by atoms with van der Waals surface area (Å²) < 4.78 is 0. The molecule has 0 radical (unpaired) electrons.